The fourth-order valence-electron chi connectivity index (χ4n) is 1.83. The van der Waals surface area contributed by atoms with Gasteiger partial charge < -0.3 is 21.0 Å². The van der Waals surface area contributed by atoms with Crippen molar-refractivity contribution in [2.24, 2.45) is 10.9 Å². The lowest BCUT2D eigenvalue weighted by atomic mass is 10.1. The summed E-state index contributed by atoms with van der Waals surface area (Å²) in [5.41, 5.74) is 6.39. The first-order valence-electron chi connectivity index (χ1n) is 6.09. The van der Waals surface area contributed by atoms with Gasteiger partial charge in [-0.25, -0.2) is 0 Å². The predicted octanol–water partition coefficient (Wildman–Crippen LogP) is 2.41. The first-order valence-corrected chi connectivity index (χ1v) is 6.91. The zero-order chi connectivity index (χ0) is 15.4. The molecule has 1 aromatic heterocycles. The second-order valence-electron chi connectivity index (χ2n) is 4.23. The molecule has 0 aliphatic rings. The van der Waals surface area contributed by atoms with Gasteiger partial charge in [0.2, 0.25) is 0 Å². The van der Waals surface area contributed by atoms with Gasteiger partial charge in [0.05, 0.1) is 17.7 Å². The highest BCUT2D eigenvalue weighted by Crippen LogP contribution is 2.29. The first-order chi connectivity index (χ1) is 10.1. The van der Waals surface area contributed by atoms with Gasteiger partial charge in [0.1, 0.15) is 5.75 Å². The monoisotopic (exact) mass is 305 g/mol. The fourth-order valence-corrected chi connectivity index (χ4v) is 2.59. The number of carbonyl (C=O) groups excluding carboxylic acids is 1. The lowest BCUT2D eigenvalue weighted by Gasteiger charge is -2.13. The molecule has 0 saturated carbocycles. The van der Waals surface area contributed by atoms with Gasteiger partial charge in [0, 0.05) is 10.4 Å². The van der Waals surface area contributed by atoms with Crippen LogP contribution in [0.2, 0.25) is 0 Å². The Morgan fingerprint density at radius 2 is 2.14 bits per heavy atom. The topological polar surface area (TPSA) is 96.9 Å². The highest BCUT2D eigenvalue weighted by atomic mass is 32.1. The fraction of sp³-hybridized carbons (Fsp3) is 0.143. The number of ether oxygens (including phenoxy) is 1. The molecule has 4 N–H and O–H groups in total. The molecule has 1 aromatic carbocycles. The smallest absolute Gasteiger partial charge is 0.265 e. The van der Waals surface area contributed by atoms with Gasteiger partial charge in [0.25, 0.3) is 5.91 Å². The third-order valence-electron chi connectivity index (χ3n) is 2.83. The summed E-state index contributed by atoms with van der Waals surface area (Å²) in [4.78, 5) is 13.9. The van der Waals surface area contributed by atoms with Crippen LogP contribution in [-0.4, -0.2) is 24.1 Å². The van der Waals surface area contributed by atoms with Crippen LogP contribution >= 0.6 is 11.3 Å². The van der Waals surface area contributed by atoms with Crippen LogP contribution in [0.15, 0.2) is 35.5 Å². The van der Waals surface area contributed by atoms with Crippen LogP contribution in [0.5, 0.6) is 5.75 Å². The lowest BCUT2D eigenvalue weighted by Crippen LogP contribution is -2.19. The van der Waals surface area contributed by atoms with Crippen molar-refractivity contribution in [3.8, 4) is 5.75 Å². The van der Waals surface area contributed by atoms with Gasteiger partial charge in [-0.15, -0.1) is 11.3 Å². The number of methoxy groups -OCH3 is 1. The molecular formula is C14H15N3O3S. The third kappa shape index (κ3) is 3.14. The van der Waals surface area contributed by atoms with E-state index in [1.54, 1.807) is 24.3 Å². The number of oxime groups is 1. The Hall–Kier alpha value is -2.54. The van der Waals surface area contributed by atoms with E-state index < -0.39 is 0 Å². The summed E-state index contributed by atoms with van der Waals surface area (Å²) < 4.78 is 5.22. The quantitative estimate of drug-likeness (QED) is 0.350. The molecule has 0 aliphatic carbocycles. The van der Waals surface area contributed by atoms with Crippen molar-refractivity contribution in [2.75, 3.05) is 12.4 Å². The number of amides is 1. The van der Waals surface area contributed by atoms with Crippen LogP contribution < -0.4 is 15.8 Å². The second kappa shape index (κ2) is 6.27. The van der Waals surface area contributed by atoms with Crippen LogP contribution in [0.3, 0.4) is 0 Å². The zero-order valence-corrected chi connectivity index (χ0v) is 12.4. The van der Waals surface area contributed by atoms with Crippen LogP contribution in [0.4, 0.5) is 5.69 Å². The van der Waals surface area contributed by atoms with E-state index in [1.165, 1.54) is 18.4 Å². The van der Waals surface area contributed by atoms with Crippen molar-refractivity contribution in [3.63, 3.8) is 0 Å². The molecule has 0 atom stereocenters. The Balaban J connectivity index is 2.40. The van der Waals surface area contributed by atoms with E-state index in [-0.39, 0.29) is 11.7 Å². The molecule has 0 saturated heterocycles. The highest BCUT2D eigenvalue weighted by Gasteiger charge is 2.17. The van der Waals surface area contributed by atoms with E-state index in [4.69, 9.17) is 15.7 Å². The summed E-state index contributed by atoms with van der Waals surface area (Å²) in [5, 5.41) is 14.6. The van der Waals surface area contributed by atoms with E-state index >= 15 is 0 Å². The van der Waals surface area contributed by atoms with Crippen molar-refractivity contribution in [3.05, 3.63) is 45.6 Å². The molecule has 0 bridgehead atoms. The molecule has 0 fully saturated rings. The number of nitrogens with two attached hydrogens (primary N) is 1. The normalized spacial score (nSPS) is 11.2. The van der Waals surface area contributed by atoms with E-state index in [9.17, 15) is 4.79 Å². The number of rotatable bonds is 4. The summed E-state index contributed by atoms with van der Waals surface area (Å²) in [7, 11) is 1.48. The van der Waals surface area contributed by atoms with Gasteiger partial charge in [-0.1, -0.05) is 11.2 Å². The van der Waals surface area contributed by atoms with E-state index in [0.717, 1.165) is 4.88 Å². The summed E-state index contributed by atoms with van der Waals surface area (Å²) >= 11 is 1.38. The maximum atomic E-state index is 12.3. The molecule has 0 aliphatic heterocycles. The standard InChI is InChI=1S/C14H15N3O3S/c1-8-6-7-11(21-8)14(18)16-12-9(13(15)17-19)4-3-5-10(12)20-2/h3-7,19H,1-2H3,(H2,15,17)(H,16,18). The minimum atomic E-state index is -0.274. The van der Waals surface area contributed by atoms with Gasteiger partial charge in [-0.05, 0) is 31.2 Å². The number of nitrogens with zero attached hydrogens (tertiary/aromatic N) is 1. The Kier molecular flexibility index (Phi) is 4.44. The van der Waals surface area contributed by atoms with Crippen molar-refractivity contribution in [1.82, 2.24) is 0 Å². The van der Waals surface area contributed by atoms with Gasteiger partial charge in [-0.2, -0.15) is 0 Å². The van der Waals surface area contributed by atoms with Gasteiger partial charge in [-0.3, -0.25) is 4.79 Å². The number of para-hydroxylation sites is 1. The number of thiophene rings is 1. The Morgan fingerprint density at radius 1 is 1.38 bits per heavy atom. The molecule has 0 spiro atoms. The molecule has 0 radical (unpaired) electrons. The summed E-state index contributed by atoms with van der Waals surface area (Å²) in [6, 6.07) is 8.62. The molecule has 2 rings (SSSR count). The van der Waals surface area contributed by atoms with Gasteiger partial charge in [0.15, 0.2) is 5.84 Å². The molecular weight excluding hydrogens is 290 g/mol. The number of benzene rings is 1. The average molecular weight is 305 g/mol. The van der Waals surface area contributed by atoms with Gasteiger partial charge >= 0.3 is 0 Å². The van der Waals surface area contributed by atoms with Crippen LogP contribution in [-0.2, 0) is 0 Å². The molecule has 7 heteroatoms. The average Bonchev–Trinajstić information content (AvgIpc) is 2.93. The zero-order valence-electron chi connectivity index (χ0n) is 11.6. The van der Waals surface area contributed by atoms with Crippen LogP contribution in [0.25, 0.3) is 0 Å². The number of anilines is 1. The second-order valence-corrected chi connectivity index (χ2v) is 5.52. The maximum Gasteiger partial charge on any atom is 0.265 e. The SMILES string of the molecule is COc1cccc(/C(N)=N/O)c1NC(=O)c1ccc(C)s1. The Morgan fingerprint density at radius 3 is 2.71 bits per heavy atom. The Labute approximate surface area is 125 Å². The number of nitrogens with one attached hydrogen (secondary N) is 1. The highest BCUT2D eigenvalue weighted by molar-refractivity contribution is 7.14. The number of aryl methyl sites for hydroxylation is 1. The third-order valence-corrected chi connectivity index (χ3v) is 3.83. The van der Waals surface area contributed by atoms with Crippen LogP contribution in [0.1, 0.15) is 20.1 Å². The minimum absolute atomic E-state index is 0.105. The molecule has 1 amide bonds. The van der Waals surface area contributed by atoms with Crippen molar-refractivity contribution in [2.45, 2.75) is 6.92 Å². The van der Waals surface area contributed by atoms with E-state index in [2.05, 4.69) is 10.5 Å². The molecule has 0 unspecified atom stereocenters. The molecule has 1 heterocycles. The number of carbonyl (C=O) groups is 1. The Bertz CT molecular complexity index is 695. The van der Waals surface area contributed by atoms with Crippen molar-refractivity contribution < 1.29 is 14.7 Å². The minimum Gasteiger partial charge on any atom is -0.495 e. The number of hydrogen-bond acceptors (Lipinski definition) is 5. The molecule has 110 valence electrons. The largest absolute Gasteiger partial charge is 0.495 e. The van der Waals surface area contributed by atoms with Crippen molar-refractivity contribution in [1.29, 1.82) is 0 Å². The number of amidine groups is 1. The van der Waals surface area contributed by atoms with E-state index in [1.807, 2.05) is 13.0 Å². The number of hydrogen-bond donors (Lipinski definition) is 3. The summed E-state index contributed by atoms with van der Waals surface area (Å²) in [5.74, 6) is 0.0527. The predicted molar refractivity (Wildman–Crippen MR) is 82.5 cm³/mol. The van der Waals surface area contributed by atoms with Crippen LogP contribution in [0, 0.1) is 6.92 Å². The first kappa shape index (κ1) is 14.9. The molecule has 6 nitrogen and oxygen atoms in total. The maximum absolute atomic E-state index is 12.3. The summed E-state index contributed by atoms with van der Waals surface area (Å²) in [6.07, 6.45) is 0. The van der Waals surface area contributed by atoms with E-state index in [0.29, 0.717) is 21.9 Å². The van der Waals surface area contributed by atoms with Crippen molar-refractivity contribution >= 4 is 28.8 Å². The summed E-state index contributed by atoms with van der Waals surface area (Å²) in [6.45, 7) is 1.92. The molecule has 2 aromatic rings. The lowest BCUT2D eigenvalue weighted by molar-refractivity contribution is 0.103. The molecule has 21 heavy (non-hydrogen) atoms.